The van der Waals surface area contributed by atoms with Crippen molar-refractivity contribution in [3.8, 4) is 0 Å². The van der Waals surface area contributed by atoms with Gasteiger partial charge in [-0.05, 0) is 44.4 Å². The summed E-state index contributed by atoms with van der Waals surface area (Å²) in [6.45, 7) is 7.98. The maximum absolute atomic E-state index is 12.5. The largest absolute Gasteiger partial charge is 0.388 e. The lowest BCUT2D eigenvalue weighted by molar-refractivity contribution is -0.140. The standard InChI is InChI=1S/C21H37N3O4/c1-15(2)13-16(3)20(27)24-11-8-21(28,9-12-24)14-23-18(25)5-4-10-22-19(26)17-6-7-17/h15-17,28H,4-14H2,1-3H3,(H,22,26)(H,23,25). The van der Waals surface area contributed by atoms with Gasteiger partial charge in [0.1, 0.15) is 0 Å². The molecule has 0 aromatic heterocycles. The Hall–Kier alpha value is -1.63. The van der Waals surface area contributed by atoms with Crippen molar-refractivity contribution in [3.05, 3.63) is 0 Å². The molecule has 2 aliphatic rings. The van der Waals surface area contributed by atoms with Gasteiger partial charge in [0.15, 0.2) is 0 Å². The highest BCUT2D eigenvalue weighted by Crippen LogP contribution is 2.28. The van der Waals surface area contributed by atoms with Gasteiger partial charge in [-0.25, -0.2) is 0 Å². The third-order valence-electron chi connectivity index (χ3n) is 5.69. The van der Waals surface area contributed by atoms with E-state index in [4.69, 9.17) is 0 Å². The predicted molar refractivity (Wildman–Crippen MR) is 107 cm³/mol. The molecule has 1 saturated heterocycles. The second-order valence-electron chi connectivity index (χ2n) is 9.03. The van der Waals surface area contributed by atoms with Gasteiger partial charge >= 0.3 is 0 Å². The van der Waals surface area contributed by atoms with Crippen LogP contribution in [0.3, 0.4) is 0 Å². The number of nitrogens with zero attached hydrogens (tertiary/aromatic N) is 1. The first-order chi connectivity index (χ1) is 13.2. The Morgan fingerprint density at radius 3 is 2.32 bits per heavy atom. The van der Waals surface area contributed by atoms with Crippen LogP contribution in [-0.4, -0.2) is 59.5 Å². The average Bonchev–Trinajstić information content (AvgIpc) is 3.48. The first-order valence-corrected chi connectivity index (χ1v) is 10.8. The lowest BCUT2D eigenvalue weighted by atomic mass is 9.89. The van der Waals surface area contributed by atoms with Crippen molar-refractivity contribution in [2.24, 2.45) is 17.8 Å². The number of likely N-dealkylation sites (tertiary alicyclic amines) is 1. The van der Waals surface area contributed by atoms with Gasteiger partial charge in [0.25, 0.3) is 0 Å². The smallest absolute Gasteiger partial charge is 0.225 e. The van der Waals surface area contributed by atoms with Gasteiger partial charge in [0.2, 0.25) is 17.7 Å². The molecule has 1 unspecified atom stereocenters. The van der Waals surface area contributed by atoms with E-state index in [-0.39, 0.29) is 36.1 Å². The third-order valence-corrected chi connectivity index (χ3v) is 5.69. The zero-order valence-corrected chi connectivity index (χ0v) is 17.6. The van der Waals surface area contributed by atoms with Crippen molar-refractivity contribution in [2.75, 3.05) is 26.2 Å². The number of nitrogens with one attached hydrogen (secondary N) is 2. The molecule has 0 aromatic carbocycles. The number of rotatable bonds is 10. The zero-order valence-electron chi connectivity index (χ0n) is 17.6. The van der Waals surface area contributed by atoms with Gasteiger partial charge in [0.05, 0.1) is 5.60 Å². The molecule has 160 valence electrons. The van der Waals surface area contributed by atoms with E-state index >= 15 is 0 Å². The molecule has 3 amide bonds. The minimum absolute atomic E-state index is 0.00583. The molecule has 2 fully saturated rings. The Labute approximate surface area is 168 Å². The Morgan fingerprint density at radius 1 is 1.11 bits per heavy atom. The Kier molecular flexibility index (Phi) is 8.28. The lowest BCUT2D eigenvalue weighted by Crippen LogP contribution is -2.52. The number of hydrogen-bond donors (Lipinski definition) is 3. The molecule has 7 heteroatoms. The van der Waals surface area contributed by atoms with Crippen molar-refractivity contribution in [3.63, 3.8) is 0 Å². The van der Waals surface area contributed by atoms with Crippen molar-refractivity contribution >= 4 is 17.7 Å². The molecule has 3 N–H and O–H groups in total. The van der Waals surface area contributed by atoms with E-state index in [1.165, 1.54) is 0 Å². The van der Waals surface area contributed by atoms with Crippen LogP contribution in [0, 0.1) is 17.8 Å². The van der Waals surface area contributed by atoms with Crippen LogP contribution in [-0.2, 0) is 14.4 Å². The van der Waals surface area contributed by atoms with Gasteiger partial charge in [-0.2, -0.15) is 0 Å². The van der Waals surface area contributed by atoms with E-state index in [9.17, 15) is 19.5 Å². The molecule has 1 atom stereocenters. The van der Waals surface area contributed by atoms with E-state index in [1.54, 1.807) is 0 Å². The zero-order chi connectivity index (χ0) is 20.7. The summed E-state index contributed by atoms with van der Waals surface area (Å²) in [7, 11) is 0. The van der Waals surface area contributed by atoms with Crippen LogP contribution in [0.2, 0.25) is 0 Å². The molecule has 1 aliphatic carbocycles. The summed E-state index contributed by atoms with van der Waals surface area (Å²) in [5, 5.41) is 16.4. The number of aliphatic hydroxyl groups is 1. The minimum atomic E-state index is -0.950. The quantitative estimate of drug-likeness (QED) is 0.488. The SMILES string of the molecule is CC(C)CC(C)C(=O)N1CCC(O)(CNC(=O)CCCNC(=O)C2CC2)CC1. The molecule has 7 nitrogen and oxygen atoms in total. The Bertz CT molecular complexity index is 552. The molecule has 28 heavy (non-hydrogen) atoms. The van der Waals surface area contributed by atoms with Crippen LogP contribution in [0.4, 0.5) is 0 Å². The highest BCUT2D eigenvalue weighted by molar-refractivity contribution is 5.81. The van der Waals surface area contributed by atoms with Crippen LogP contribution in [0.5, 0.6) is 0 Å². The second-order valence-corrected chi connectivity index (χ2v) is 9.03. The highest BCUT2D eigenvalue weighted by Gasteiger charge is 2.35. The molecular weight excluding hydrogens is 358 g/mol. The Balaban J connectivity index is 1.61. The molecule has 0 aromatic rings. The predicted octanol–water partition coefficient (Wildman–Crippen LogP) is 1.44. The summed E-state index contributed by atoms with van der Waals surface area (Å²) in [4.78, 5) is 37.8. The maximum Gasteiger partial charge on any atom is 0.225 e. The molecule has 1 heterocycles. The lowest BCUT2D eigenvalue weighted by Gasteiger charge is -2.39. The number of piperidine rings is 1. The summed E-state index contributed by atoms with van der Waals surface area (Å²) < 4.78 is 0. The summed E-state index contributed by atoms with van der Waals surface area (Å²) in [6, 6.07) is 0. The highest BCUT2D eigenvalue weighted by atomic mass is 16.3. The second kappa shape index (κ2) is 10.2. The van der Waals surface area contributed by atoms with E-state index in [0.29, 0.717) is 51.2 Å². The molecule has 1 saturated carbocycles. The molecule has 1 aliphatic heterocycles. The van der Waals surface area contributed by atoms with Crippen LogP contribution in [0.15, 0.2) is 0 Å². The fourth-order valence-electron chi connectivity index (χ4n) is 3.74. The van der Waals surface area contributed by atoms with E-state index in [2.05, 4.69) is 24.5 Å². The topological polar surface area (TPSA) is 98.7 Å². The average molecular weight is 396 g/mol. The van der Waals surface area contributed by atoms with Gasteiger partial charge in [-0.3, -0.25) is 14.4 Å². The minimum Gasteiger partial charge on any atom is -0.388 e. The summed E-state index contributed by atoms with van der Waals surface area (Å²) in [6.07, 6.45) is 4.71. The van der Waals surface area contributed by atoms with Crippen molar-refractivity contribution in [1.29, 1.82) is 0 Å². The molecular formula is C21H37N3O4. The van der Waals surface area contributed by atoms with Crippen LogP contribution < -0.4 is 10.6 Å². The van der Waals surface area contributed by atoms with Crippen LogP contribution in [0.1, 0.15) is 65.7 Å². The number of hydrogen-bond acceptors (Lipinski definition) is 4. The number of carbonyl (C=O) groups excluding carboxylic acids is 3. The normalized spacial score (nSPS) is 20.0. The summed E-state index contributed by atoms with van der Waals surface area (Å²) in [5.74, 6) is 0.823. The fourth-order valence-corrected chi connectivity index (χ4v) is 3.74. The monoisotopic (exact) mass is 395 g/mol. The fraction of sp³-hybridized carbons (Fsp3) is 0.857. The maximum atomic E-state index is 12.5. The summed E-state index contributed by atoms with van der Waals surface area (Å²) in [5.41, 5.74) is -0.950. The first kappa shape index (κ1) is 22.7. The molecule has 0 bridgehead atoms. The van der Waals surface area contributed by atoms with Crippen molar-refractivity contribution in [2.45, 2.75) is 71.3 Å². The van der Waals surface area contributed by atoms with E-state index in [1.807, 2.05) is 11.8 Å². The number of amides is 3. The van der Waals surface area contributed by atoms with Gasteiger partial charge in [0, 0.05) is 44.4 Å². The van der Waals surface area contributed by atoms with E-state index in [0.717, 1.165) is 19.3 Å². The first-order valence-electron chi connectivity index (χ1n) is 10.8. The van der Waals surface area contributed by atoms with Gasteiger partial charge in [-0.1, -0.05) is 20.8 Å². The number of carbonyl (C=O) groups is 3. The van der Waals surface area contributed by atoms with Crippen molar-refractivity contribution < 1.29 is 19.5 Å². The third kappa shape index (κ3) is 7.41. The molecule has 0 spiro atoms. The molecule has 2 rings (SSSR count). The van der Waals surface area contributed by atoms with Gasteiger partial charge < -0.3 is 20.6 Å². The molecule has 0 radical (unpaired) electrons. The van der Waals surface area contributed by atoms with E-state index < -0.39 is 5.60 Å². The van der Waals surface area contributed by atoms with Gasteiger partial charge in [-0.15, -0.1) is 0 Å². The van der Waals surface area contributed by atoms with Crippen molar-refractivity contribution in [1.82, 2.24) is 15.5 Å². The van der Waals surface area contributed by atoms with Crippen LogP contribution in [0.25, 0.3) is 0 Å². The van der Waals surface area contributed by atoms with Crippen LogP contribution >= 0.6 is 0 Å². The summed E-state index contributed by atoms with van der Waals surface area (Å²) >= 11 is 0. The Morgan fingerprint density at radius 2 is 1.75 bits per heavy atom.